The lowest BCUT2D eigenvalue weighted by Crippen LogP contribution is -2.20. The molecule has 0 amide bonds. The van der Waals surface area contributed by atoms with Crippen molar-refractivity contribution in [1.29, 1.82) is 0 Å². The quantitative estimate of drug-likeness (QED) is 0.533. The van der Waals surface area contributed by atoms with E-state index in [1.807, 2.05) is 30.5 Å². The molecule has 3 aromatic heterocycles. The minimum atomic E-state index is -0.0537. The molecule has 0 fully saturated rings. The van der Waals surface area contributed by atoms with Gasteiger partial charge in [-0.05, 0) is 18.4 Å². The van der Waals surface area contributed by atoms with Gasteiger partial charge in [-0.1, -0.05) is 23.9 Å². The van der Waals surface area contributed by atoms with Crippen molar-refractivity contribution in [2.75, 3.05) is 6.26 Å². The van der Waals surface area contributed by atoms with Gasteiger partial charge in [-0.2, -0.15) is 0 Å². The molecular formula is C14H10N4OS3. The molecule has 0 radical (unpaired) electrons. The van der Waals surface area contributed by atoms with Crippen molar-refractivity contribution in [1.82, 2.24) is 19.5 Å². The van der Waals surface area contributed by atoms with Crippen molar-refractivity contribution >= 4 is 55.0 Å². The zero-order chi connectivity index (χ0) is 15.1. The monoisotopic (exact) mass is 346 g/mol. The summed E-state index contributed by atoms with van der Waals surface area (Å²) in [5, 5.41) is 0.902. The molecule has 3 heterocycles. The average molecular weight is 346 g/mol. The average Bonchev–Trinajstić information content (AvgIpc) is 3.13. The van der Waals surface area contributed by atoms with Gasteiger partial charge in [-0.15, -0.1) is 22.7 Å². The largest absolute Gasteiger partial charge is 0.291 e. The van der Waals surface area contributed by atoms with E-state index >= 15 is 0 Å². The van der Waals surface area contributed by atoms with E-state index in [0.29, 0.717) is 16.9 Å². The van der Waals surface area contributed by atoms with Crippen molar-refractivity contribution in [2.24, 2.45) is 0 Å². The van der Waals surface area contributed by atoms with Gasteiger partial charge in [0.05, 0.1) is 16.8 Å². The van der Waals surface area contributed by atoms with Crippen LogP contribution in [0.25, 0.3) is 20.6 Å². The topological polar surface area (TPSA) is 60.7 Å². The molecular weight excluding hydrogens is 336 g/mol. The van der Waals surface area contributed by atoms with Gasteiger partial charge in [0, 0.05) is 0 Å². The Balaban J connectivity index is 1.77. The predicted molar refractivity (Wildman–Crippen MR) is 92.2 cm³/mol. The number of nitrogens with zero attached hydrogens (tertiary/aromatic N) is 4. The van der Waals surface area contributed by atoms with Crippen molar-refractivity contribution in [3.8, 4) is 0 Å². The van der Waals surface area contributed by atoms with Crippen molar-refractivity contribution in [2.45, 2.75) is 10.9 Å². The maximum Gasteiger partial charge on any atom is 0.273 e. The van der Waals surface area contributed by atoms with Gasteiger partial charge >= 0.3 is 0 Å². The first-order valence-electron chi connectivity index (χ1n) is 6.49. The normalized spacial score (nSPS) is 11.5. The number of fused-ring (bicyclic) bond motifs is 2. The molecule has 0 bridgehead atoms. The Hall–Kier alpha value is -1.77. The molecule has 0 aliphatic carbocycles. The number of rotatable bonds is 3. The Morgan fingerprint density at radius 1 is 1.23 bits per heavy atom. The summed E-state index contributed by atoms with van der Waals surface area (Å²) in [5.74, 6) is 0. The molecule has 1 aromatic carbocycles. The first-order chi connectivity index (χ1) is 10.7. The summed E-state index contributed by atoms with van der Waals surface area (Å²) < 4.78 is 4.19. The van der Waals surface area contributed by atoms with Crippen molar-refractivity contribution < 1.29 is 0 Å². The molecule has 0 aliphatic heterocycles. The fourth-order valence-electron chi connectivity index (χ4n) is 2.16. The number of thiazole rings is 2. The Bertz CT molecular complexity index is 1000. The summed E-state index contributed by atoms with van der Waals surface area (Å²) >= 11 is 4.52. The number of hydrogen-bond acceptors (Lipinski definition) is 7. The van der Waals surface area contributed by atoms with E-state index in [9.17, 15) is 4.79 Å². The number of para-hydroxylation sites is 1. The molecule has 0 spiro atoms. The summed E-state index contributed by atoms with van der Waals surface area (Å²) in [6, 6.07) is 7.97. The zero-order valence-corrected chi connectivity index (χ0v) is 14.0. The molecule has 0 atom stereocenters. The second-order valence-corrected chi connectivity index (χ2v) is 7.76. The first kappa shape index (κ1) is 13.9. The number of aromatic nitrogens is 4. The highest BCUT2D eigenvalue weighted by Crippen LogP contribution is 2.25. The molecule has 0 aliphatic rings. The Morgan fingerprint density at radius 3 is 2.91 bits per heavy atom. The smallest absolute Gasteiger partial charge is 0.273 e. The second kappa shape index (κ2) is 5.45. The van der Waals surface area contributed by atoms with Crippen molar-refractivity contribution in [3.63, 3.8) is 0 Å². The fourth-order valence-corrected chi connectivity index (χ4v) is 4.59. The zero-order valence-electron chi connectivity index (χ0n) is 11.5. The second-order valence-electron chi connectivity index (χ2n) is 4.59. The summed E-state index contributed by atoms with van der Waals surface area (Å²) in [4.78, 5) is 25.7. The van der Waals surface area contributed by atoms with Crippen LogP contribution in [0.1, 0.15) is 5.01 Å². The summed E-state index contributed by atoms with van der Waals surface area (Å²) in [7, 11) is 0. The number of hydrogen-bond donors (Lipinski definition) is 0. The lowest BCUT2D eigenvalue weighted by molar-refractivity contribution is 0.745. The number of benzene rings is 1. The van der Waals surface area contributed by atoms with Gasteiger partial charge < -0.3 is 0 Å². The third-order valence-corrected chi connectivity index (χ3v) is 6.22. The Kier molecular flexibility index (Phi) is 3.44. The Morgan fingerprint density at radius 2 is 2.09 bits per heavy atom. The van der Waals surface area contributed by atoms with E-state index in [-0.39, 0.29) is 5.56 Å². The fraction of sp³-hybridized carbons (Fsp3) is 0.143. The predicted octanol–water partition coefficient (Wildman–Crippen LogP) is 3.23. The van der Waals surface area contributed by atoms with E-state index in [1.165, 1.54) is 23.1 Å². The van der Waals surface area contributed by atoms with Crippen LogP contribution < -0.4 is 5.56 Å². The molecule has 8 heteroatoms. The Labute approximate surface area is 137 Å². The van der Waals surface area contributed by atoms with Crippen LogP contribution in [0.5, 0.6) is 0 Å². The van der Waals surface area contributed by atoms with Crippen LogP contribution in [0, 0.1) is 0 Å². The molecule has 0 saturated carbocycles. The third-order valence-electron chi connectivity index (χ3n) is 3.18. The highest BCUT2D eigenvalue weighted by Gasteiger charge is 2.12. The van der Waals surface area contributed by atoms with Crippen LogP contribution in [-0.2, 0) is 6.54 Å². The van der Waals surface area contributed by atoms with E-state index in [0.717, 1.165) is 19.6 Å². The van der Waals surface area contributed by atoms with Gasteiger partial charge in [-0.25, -0.2) is 15.0 Å². The summed E-state index contributed by atoms with van der Waals surface area (Å²) in [6.45, 7) is 0.438. The molecule has 4 aromatic rings. The van der Waals surface area contributed by atoms with Crippen LogP contribution >= 0.6 is 34.4 Å². The van der Waals surface area contributed by atoms with E-state index in [2.05, 4.69) is 15.0 Å². The van der Waals surface area contributed by atoms with Crippen LogP contribution in [0.2, 0.25) is 0 Å². The van der Waals surface area contributed by atoms with Crippen molar-refractivity contribution in [3.05, 3.63) is 46.0 Å². The number of thioether (sulfide) groups is 1. The van der Waals surface area contributed by atoms with Gasteiger partial charge in [0.1, 0.15) is 16.0 Å². The SMILES string of the molecule is CSc1nc2ncn(Cc3nc4ccccc4s3)c(=O)c2s1. The molecule has 0 N–H and O–H groups in total. The highest BCUT2D eigenvalue weighted by atomic mass is 32.2. The van der Waals surface area contributed by atoms with Gasteiger partial charge in [0.25, 0.3) is 5.56 Å². The van der Waals surface area contributed by atoms with Gasteiger partial charge in [0.15, 0.2) is 9.99 Å². The highest BCUT2D eigenvalue weighted by molar-refractivity contribution is 8.00. The molecule has 0 unspecified atom stereocenters. The lowest BCUT2D eigenvalue weighted by atomic mass is 10.3. The lowest BCUT2D eigenvalue weighted by Gasteiger charge is -2.00. The summed E-state index contributed by atoms with van der Waals surface area (Å²) in [5.41, 5.74) is 1.44. The van der Waals surface area contributed by atoms with Crippen LogP contribution in [0.15, 0.2) is 39.7 Å². The third kappa shape index (κ3) is 2.33. The molecule has 4 rings (SSSR count). The van der Waals surface area contributed by atoms with Crippen LogP contribution in [0.3, 0.4) is 0 Å². The van der Waals surface area contributed by atoms with E-state index < -0.39 is 0 Å². The van der Waals surface area contributed by atoms with Crippen LogP contribution in [0.4, 0.5) is 0 Å². The molecule has 22 heavy (non-hydrogen) atoms. The van der Waals surface area contributed by atoms with Gasteiger partial charge in [-0.3, -0.25) is 9.36 Å². The van der Waals surface area contributed by atoms with Gasteiger partial charge in [0.2, 0.25) is 0 Å². The molecule has 5 nitrogen and oxygen atoms in total. The summed E-state index contributed by atoms with van der Waals surface area (Å²) in [6.07, 6.45) is 3.50. The molecule has 0 saturated heterocycles. The first-order valence-corrected chi connectivity index (χ1v) is 9.35. The minimum Gasteiger partial charge on any atom is -0.291 e. The van der Waals surface area contributed by atoms with E-state index in [4.69, 9.17) is 0 Å². The minimum absolute atomic E-state index is 0.0537. The maximum absolute atomic E-state index is 12.5. The standard InChI is InChI=1S/C14H10N4OS3/c1-20-14-17-12-11(22-14)13(19)18(7-15-12)6-10-16-8-4-2-3-5-9(8)21-10/h2-5,7H,6H2,1H3. The van der Waals surface area contributed by atoms with E-state index in [1.54, 1.807) is 22.2 Å². The molecule has 110 valence electrons. The van der Waals surface area contributed by atoms with Crippen LogP contribution in [-0.4, -0.2) is 25.8 Å². The maximum atomic E-state index is 12.5.